The molecule has 0 unspecified atom stereocenters. The number of esters is 1. The molecule has 0 bridgehead atoms. The van der Waals surface area contributed by atoms with E-state index < -0.39 is 0 Å². The average molecular weight is 809 g/mol. The first-order valence-corrected chi connectivity index (χ1v) is 22.7. The maximum absolute atomic E-state index is 11.8. The predicted octanol–water partition coefficient (Wildman–Crippen LogP) is 8.54. The highest BCUT2D eigenvalue weighted by Crippen LogP contribution is 2.12. The fourth-order valence-corrected chi connectivity index (χ4v) is 5.64. The van der Waals surface area contributed by atoms with Gasteiger partial charge >= 0.3 is 5.97 Å². The van der Waals surface area contributed by atoms with E-state index in [4.69, 9.17) is 52.1 Å². The Morgan fingerprint density at radius 3 is 0.750 bits per heavy atom. The van der Waals surface area contributed by atoms with Crippen molar-refractivity contribution in [1.82, 2.24) is 0 Å². The predicted molar refractivity (Wildman–Crippen MR) is 223 cm³/mol. The lowest BCUT2D eigenvalue weighted by Crippen LogP contribution is -2.15. The Labute approximate surface area is 343 Å². The van der Waals surface area contributed by atoms with E-state index >= 15 is 0 Å². The van der Waals surface area contributed by atoms with E-state index in [9.17, 15) is 4.79 Å². The number of hydrogen-bond donors (Lipinski definition) is 0. The van der Waals surface area contributed by atoms with Crippen LogP contribution in [0.3, 0.4) is 0 Å². The van der Waals surface area contributed by atoms with Crippen LogP contribution in [0, 0.1) is 0 Å². The number of rotatable bonds is 51. The molecule has 0 amide bonds. The molecule has 0 heterocycles. The third kappa shape index (κ3) is 51.1. The normalized spacial score (nSPS) is 11.5. The monoisotopic (exact) mass is 809 g/mol. The van der Waals surface area contributed by atoms with Crippen molar-refractivity contribution in [1.29, 1.82) is 0 Å². The molecule has 0 N–H and O–H groups in total. The summed E-state index contributed by atoms with van der Waals surface area (Å²) in [6, 6.07) is 0. The second-order valence-electron chi connectivity index (χ2n) is 14.1. The van der Waals surface area contributed by atoms with Crippen molar-refractivity contribution in [2.24, 2.45) is 0 Å². The Balaban J connectivity index is 3.10. The molecular formula is C44H88O12. The van der Waals surface area contributed by atoms with Crippen LogP contribution in [-0.4, -0.2) is 145 Å². The fraction of sp³-hybridized carbons (Fsp3) is 0.977. The van der Waals surface area contributed by atoms with Crippen molar-refractivity contribution in [3.05, 3.63) is 0 Å². The van der Waals surface area contributed by atoms with Crippen LogP contribution in [0.25, 0.3) is 0 Å². The molecule has 0 aliphatic rings. The van der Waals surface area contributed by atoms with E-state index in [-0.39, 0.29) is 5.97 Å². The van der Waals surface area contributed by atoms with Gasteiger partial charge in [0.1, 0.15) is 6.61 Å². The van der Waals surface area contributed by atoms with E-state index in [0.717, 1.165) is 25.9 Å². The standard InChI is InChI=1S/C44H88O12/c1-3-5-7-9-11-13-15-17-19-21-23-46-24-25-47-26-27-48-28-29-49-30-31-50-32-33-51-34-35-52-36-37-53-38-39-54-40-41-55-42-43-56-44(45)22-20-18-16-14-12-10-8-6-4-2/h3-43H2,1-2H3. The molecule has 0 saturated heterocycles. The molecule has 0 rings (SSSR count). The van der Waals surface area contributed by atoms with Gasteiger partial charge in [-0.05, 0) is 12.8 Å². The minimum Gasteiger partial charge on any atom is -0.463 e. The van der Waals surface area contributed by atoms with E-state index in [1.807, 2.05) is 0 Å². The maximum Gasteiger partial charge on any atom is 0.305 e. The largest absolute Gasteiger partial charge is 0.463 e. The molecule has 0 radical (unpaired) electrons. The highest BCUT2D eigenvalue weighted by molar-refractivity contribution is 5.69. The topological polar surface area (TPSA) is 119 Å². The van der Waals surface area contributed by atoms with Crippen molar-refractivity contribution in [2.45, 2.75) is 142 Å². The zero-order chi connectivity index (χ0) is 40.3. The molecule has 0 aromatic rings. The van der Waals surface area contributed by atoms with Crippen LogP contribution in [0.15, 0.2) is 0 Å². The lowest BCUT2D eigenvalue weighted by molar-refractivity contribution is -0.145. The zero-order valence-electron chi connectivity index (χ0n) is 36.4. The molecule has 56 heavy (non-hydrogen) atoms. The summed E-state index contributed by atoms with van der Waals surface area (Å²) in [4.78, 5) is 11.8. The Hall–Kier alpha value is -0.930. The molecular weight excluding hydrogens is 720 g/mol. The van der Waals surface area contributed by atoms with Crippen molar-refractivity contribution in [3.8, 4) is 0 Å². The Kier molecular flexibility index (Phi) is 51.2. The van der Waals surface area contributed by atoms with Crippen molar-refractivity contribution in [3.63, 3.8) is 0 Å². The van der Waals surface area contributed by atoms with Gasteiger partial charge in [0, 0.05) is 13.0 Å². The van der Waals surface area contributed by atoms with Gasteiger partial charge in [0.05, 0.1) is 126 Å². The molecule has 0 spiro atoms. The van der Waals surface area contributed by atoms with Crippen molar-refractivity contribution >= 4 is 5.97 Å². The van der Waals surface area contributed by atoms with Crippen LogP contribution in [0.2, 0.25) is 0 Å². The molecule has 336 valence electrons. The number of unbranched alkanes of at least 4 members (excludes halogenated alkanes) is 17. The van der Waals surface area contributed by atoms with Gasteiger partial charge in [0.2, 0.25) is 0 Å². The smallest absolute Gasteiger partial charge is 0.305 e. The lowest BCUT2D eigenvalue weighted by Gasteiger charge is -2.09. The maximum atomic E-state index is 11.8. The number of hydrogen-bond acceptors (Lipinski definition) is 12. The molecule has 0 atom stereocenters. The van der Waals surface area contributed by atoms with Gasteiger partial charge in [-0.2, -0.15) is 0 Å². The quantitative estimate of drug-likeness (QED) is 0.0433. The zero-order valence-corrected chi connectivity index (χ0v) is 36.4. The molecule has 0 aromatic heterocycles. The summed E-state index contributed by atoms with van der Waals surface area (Å²) in [5, 5.41) is 0. The summed E-state index contributed by atoms with van der Waals surface area (Å²) in [5.74, 6) is -0.133. The SMILES string of the molecule is CCCCCCCCCCCCOCCOCCOCCOCCOCCOCCOCCOCCOCCOCCOC(=O)CCCCCCCCCCC. The Morgan fingerprint density at radius 1 is 0.250 bits per heavy atom. The number of carbonyl (C=O) groups excluding carboxylic acids is 1. The van der Waals surface area contributed by atoms with E-state index in [0.29, 0.717) is 139 Å². The van der Waals surface area contributed by atoms with Gasteiger partial charge in [0.25, 0.3) is 0 Å². The van der Waals surface area contributed by atoms with Crippen LogP contribution < -0.4 is 0 Å². The van der Waals surface area contributed by atoms with Gasteiger partial charge in [0.15, 0.2) is 0 Å². The van der Waals surface area contributed by atoms with E-state index in [2.05, 4.69) is 13.8 Å². The molecule has 0 aliphatic heterocycles. The highest BCUT2D eigenvalue weighted by atomic mass is 16.6. The second kappa shape index (κ2) is 52.1. The summed E-state index contributed by atoms with van der Waals surface area (Å²) < 4.78 is 60.5. The van der Waals surface area contributed by atoms with Crippen LogP contribution in [-0.2, 0) is 56.9 Å². The fourth-order valence-electron chi connectivity index (χ4n) is 5.64. The summed E-state index contributed by atoms with van der Waals surface area (Å²) in [5.41, 5.74) is 0. The van der Waals surface area contributed by atoms with E-state index in [1.165, 1.54) is 103 Å². The van der Waals surface area contributed by atoms with E-state index in [1.54, 1.807) is 0 Å². The molecule has 0 saturated carbocycles. The Bertz CT molecular complexity index is 718. The van der Waals surface area contributed by atoms with Crippen LogP contribution in [0.5, 0.6) is 0 Å². The molecule has 0 fully saturated rings. The summed E-state index contributed by atoms with van der Waals surface area (Å²) >= 11 is 0. The number of ether oxygens (including phenoxy) is 11. The van der Waals surface area contributed by atoms with Crippen LogP contribution in [0.4, 0.5) is 0 Å². The minimum atomic E-state index is -0.133. The minimum absolute atomic E-state index is 0.133. The van der Waals surface area contributed by atoms with Crippen molar-refractivity contribution < 1.29 is 56.9 Å². The summed E-state index contributed by atoms with van der Waals surface area (Å²) in [6.45, 7) is 15.5. The summed E-state index contributed by atoms with van der Waals surface area (Å²) in [7, 11) is 0. The van der Waals surface area contributed by atoms with Crippen LogP contribution >= 0.6 is 0 Å². The second-order valence-corrected chi connectivity index (χ2v) is 14.1. The number of carbonyl (C=O) groups is 1. The van der Waals surface area contributed by atoms with Gasteiger partial charge in [-0.1, -0.05) is 123 Å². The first kappa shape index (κ1) is 55.1. The first-order valence-electron chi connectivity index (χ1n) is 22.7. The first-order chi connectivity index (χ1) is 27.8. The van der Waals surface area contributed by atoms with Crippen LogP contribution in [0.1, 0.15) is 142 Å². The Morgan fingerprint density at radius 2 is 0.464 bits per heavy atom. The van der Waals surface area contributed by atoms with Gasteiger partial charge in [-0.15, -0.1) is 0 Å². The van der Waals surface area contributed by atoms with Gasteiger partial charge < -0.3 is 52.1 Å². The van der Waals surface area contributed by atoms with Gasteiger partial charge in [-0.3, -0.25) is 4.79 Å². The third-order valence-corrected chi connectivity index (χ3v) is 8.97. The molecule has 0 aliphatic carbocycles. The molecule has 12 heteroatoms. The van der Waals surface area contributed by atoms with Crippen molar-refractivity contribution in [2.75, 3.05) is 139 Å². The summed E-state index contributed by atoms with van der Waals surface area (Å²) in [6.07, 6.45) is 25.0. The third-order valence-electron chi connectivity index (χ3n) is 8.97. The molecule has 12 nitrogen and oxygen atoms in total. The average Bonchev–Trinajstić information content (AvgIpc) is 3.20. The molecule has 0 aromatic carbocycles. The lowest BCUT2D eigenvalue weighted by atomic mass is 10.1. The highest BCUT2D eigenvalue weighted by Gasteiger charge is 2.03. The van der Waals surface area contributed by atoms with Gasteiger partial charge in [-0.25, -0.2) is 0 Å².